The fourth-order valence-corrected chi connectivity index (χ4v) is 1.96. The third-order valence-corrected chi connectivity index (χ3v) is 2.87. The van der Waals surface area contributed by atoms with Crippen molar-refractivity contribution in [3.63, 3.8) is 0 Å². The van der Waals surface area contributed by atoms with Gasteiger partial charge in [0, 0.05) is 5.03 Å². The first-order chi connectivity index (χ1) is 6.70. The molecule has 1 unspecified atom stereocenters. The summed E-state index contributed by atoms with van der Waals surface area (Å²) in [7, 11) is 0. The molecular formula is C12H22Cl2. The van der Waals surface area contributed by atoms with E-state index in [1.54, 1.807) is 0 Å². The molecule has 0 saturated carbocycles. The quantitative estimate of drug-likeness (QED) is 0.387. The second kappa shape index (κ2) is 9.86. The molecule has 0 rings (SSSR count). The van der Waals surface area contributed by atoms with E-state index in [4.69, 9.17) is 23.2 Å². The van der Waals surface area contributed by atoms with E-state index in [0.717, 1.165) is 17.9 Å². The number of unbranched alkanes of at least 4 members (excludes halogenated alkanes) is 3. The van der Waals surface area contributed by atoms with E-state index in [2.05, 4.69) is 13.8 Å². The van der Waals surface area contributed by atoms with Crippen molar-refractivity contribution in [2.24, 2.45) is 0 Å². The average Bonchev–Trinajstić information content (AvgIpc) is 2.15. The normalized spacial score (nSPS) is 14.4. The van der Waals surface area contributed by atoms with Gasteiger partial charge in [-0.3, -0.25) is 0 Å². The number of alkyl halides is 1. The maximum atomic E-state index is 6.11. The molecule has 2 heteroatoms. The van der Waals surface area contributed by atoms with E-state index < -0.39 is 0 Å². The second-order valence-electron chi connectivity index (χ2n) is 3.73. The SMILES string of the molecule is CCCCC/C(Cl)=C/C(Cl)CCCC. The summed E-state index contributed by atoms with van der Waals surface area (Å²) in [6.45, 7) is 4.37. The minimum Gasteiger partial charge on any atom is -0.118 e. The van der Waals surface area contributed by atoms with Gasteiger partial charge in [0.1, 0.15) is 0 Å². The number of halogens is 2. The Bertz CT molecular complexity index is 152. The minimum absolute atomic E-state index is 0.129. The van der Waals surface area contributed by atoms with Gasteiger partial charge in [-0.1, -0.05) is 57.2 Å². The van der Waals surface area contributed by atoms with Gasteiger partial charge in [0.25, 0.3) is 0 Å². The maximum Gasteiger partial charge on any atom is 0.0530 e. The molecule has 0 saturated heterocycles. The van der Waals surface area contributed by atoms with Crippen molar-refractivity contribution < 1.29 is 0 Å². The van der Waals surface area contributed by atoms with Gasteiger partial charge in [-0.05, 0) is 19.3 Å². The Balaban J connectivity index is 3.61. The van der Waals surface area contributed by atoms with Crippen LogP contribution in [0.15, 0.2) is 11.1 Å². The molecule has 0 bridgehead atoms. The summed E-state index contributed by atoms with van der Waals surface area (Å²) >= 11 is 12.2. The van der Waals surface area contributed by atoms with Crippen molar-refractivity contribution in [2.75, 3.05) is 0 Å². The molecule has 0 aromatic rings. The fourth-order valence-electron chi connectivity index (χ4n) is 1.31. The van der Waals surface area contributed by atoms with Gasteiger partial charge in [0.2, 0.25) is 0 Å². The van der Waals surface area contributed by atoms with Crippen LogP contribution in [0.4, 0.5) is 0 Å². The summed E-state index contributed by atoms with van der Waals surface area (Å²) in [4.78, 5) is 0. The molecule has 0 N–H and O–H groups in total. The van der Waals surface area contributed by atoms with E-state index in [0.29, 0.717) is 0 Å². The van der Waals surface area contributed by atoms with E-state index in [9.17, 15) is 0 Å². The Morgan fingerprint density at radius 2 is 1.79 bits per heavy atom. The molecule has 1 atom stereocenters. The lowest BCUT2D eigenvalue weighted by molar-refractivity contribution is 0.713. The number of allylic oxidation sites excluding steroid dienone is 2. The average molecular weight is 237 g/mol. The van der Waals surface area contributed by atoms with Crippen molar-refractivity contribution in [3.8, 4) is 0 Å². The Morgan fingerprint density at radius 3 is 2.36 bits per heavy atom. The first kappa shape index (κ1) is 14.3. The number of rotatable bonds is 8. The Hall–Kier alpha value is 0.320. The fraction of sp³-hybridized carbons (Fsp3) is 0.833. The third-order valence-electron chi connectivity index (χ3n) is 2.21. The van der Waals surface area contributed by atoms with Gasteiger partial charge in [0.05, 0.1) is 5.38 Å². The van der Waals surface area contributed by atoms with Crippen LogP contribution in [0.1, 0.15) is 58.8 Å². The first-order valence-corrected chi connectivity index (χ1v) is 6.52. The zero-order valence-corrected chi connectivity index (χ0v) is 10.9. The van der Waals surface area contributed by atoms with Gasteiger partial charge < -0.3 is 0 Å². The van der Waals surface area contributed by atoms with E-state index in [1.165, 1.54) is 32.1 Å². The van der Waals surface area contributed by atoms with Crippen molar-refractivity contribution >= 4 is 23.2 Å². The minimum atomic E-state index is 0.129. The highest BCUT2D eigenvalue weighted by molar-refractivity contribution is 6.30. The highest BCUT2D eigenvalue weighted by atomic mass is 35.5. The lowest BCUT2D eigenvalue weighted by Gasteiger charge is -2.04. The molecule has 0 amide bonds. The van der Waals surface area contributed by atoms with E-state index in [-0.39, 0.29) is 5.38 Å². The van der Waals surface area contributed by atoms with Gasteiger partial charge in [0.15, 0.2) is 0 Å². The molecule has 0 aliphatic rings. The second-order valence-corrected chi connectivity index (χ2v) is 4.77. The summed E-state index contributed by atoms with van der Waals surface area (Å²) < 4.78 is 0. The zero-order chi connectivity index (χ0) is 10.8. The van der Waals surface area contributed by atoms with Gasteiger partial charge in [-0.2, -0.15) is 0 Å². The summed E-state index contributed by atoms with van der Waals surface area (Å²) in [5, 5.41) is 1.07. The Labute approximate surface area is 98.7 Å². The van der Waals surface area contributed by atoms with Crippen LogP contribution in [0.3, 0.4) is 0 Å². The first-order valence-electron chi connectivity index (χ1n) is 5.71. The standard InChI is InChI=1S/C12H22Cl2/c1-3-5-7-9-12(14)10-11(13)8-6-4-2/h10-11H,3-9H2,1-2H3/b12-10-. The van der Waals surface area contributed by atoms with Gasteiger partial charge >= 0.3 is 0 Å². The van der Waals surface area contributed by atoms with Crippen molar-refractivity contribution in [3.05, 3.63) is 11.1 Å². The van der Waals surface area contributed by atoms with Crippen LogP contribution in [0.25, 0.3) is 0 Å². The Morgan fingerprint density at radius 1 is 1.14 bits per heavy atom. The molecule has 0 aliphatic heterocycles. The summed E-state index contributed by atoms with van der Waals surface area (Å²) in [5.74, 6) is 0. The lowest BCUT2D eigenvalue weighted by atomic mass is 10.1. The van der Waals surface area contributed by atoms with Crippen molar-refractivity contribution in [1.82, 2.24) is 0 Å². The number of hydrogen-bond acceptors (Lipinski definition) is 0. The highest BCUT2D eigenvalue weighted by Crippen LogP contribution is 2.18. The Kier molecular flexibility index (Phi) is 10.1. The molecule has 84 valence electrons. The molecule has 0 fully saturated rings. The summed E-state index contributed by atoms with van der Waals surface area (Å²) in [6, 6.07) is 0. The van der Waals surface area contributed by atoms with Crippen LogP contribution in [0.2, 0.25) is 0 Å². The van der Waals surface area contributed by atoms with E-state index >= 15 is 0 Å². The van der Waals surface area contributed by atoms with Gasteiger partial charge in [-0.15, -0.1) is 11.6 Å². The molecule has 0 spiro atoms. The van der Waals surface area contributed by atoms with Crippen LogP contribution >= 0.6 is 23.2 Å². The topological polar surface area (TPSA) is 0 Å². The maximum absolute atomic E-state index is 6.11. The molecule has 14 heavy (non-hydrogen) atoms. The largest absolute Gasteiger partial charge is 0.118 e. The molecule has 0 nitrogen and oxygen atoms in total. The molecule has 0 heterocycles. The van der Waals surface area contributed by atoms with E-state index in [1.807, 2.05) is 6.08 Å². The molecule has 0 aliphatic carbocycles. The molecule has 0 radical (unpaired) electrons. The van der Waals surface area contributed by atoms with Crippen LogP contribution in [-0.4, -0.2) is 5.38 Å². The monoisotopic (exact) mass is 236 g/mol. The molecular weight excluding hydrogens is 215 g/mol. The highest BCUT2D eigenvalue weighted by Gasteiger charge is 2.01. The van der Waals surface area contributed by atoms with Crippen molar-refractivity contribution in [1.29, 1.82) is 0 Å². The lowest BCUT2D eigenvalue weighted by Crippen LogP contribution is -1.94. The summed E-state index contributed by atoms with van der Waals surface area (Å²) in [6.07, 6.45) is 10.1. The van der Waals surface area contributed by atoms with Crippen LogP contribution in [-0.2, 0) is 0 Å². The predicted octanol–water partition coefficient (Wildman–Crippen LogP) is 5.49. The van der Waals surface area contributed by atoms with Crippen LogP contribution in [0, 0.1) is 0 Å². The number of hydrogen-bond donors (Lipinski definition) is 0. The van der Waals surface area contributed by atoms with Crippen LogP contribution in [0.5, 0.6) is 0 Å². The third kappa shape index (κ3) is 8.90. The predicted molar refractivity (Wildman–Crippen MR) is 67.2 cm³/mol. The molecule has 0 aromatic heterocycles. The smallest absolute Gasteiger partial charge is 0.0530 e. The van der Waals surface area contributed by atoms with Crippen molar-refractivity contribution in [2.45, 2.75) is 64.2 Å². The molecule has 0 aromatic carbocycles. The van der Waals surface area contributed by atoms with Gasteiger partial charge in [-0.25, -0.2) is 0 Å². The van der Waals surface area contributed by atoms with Crippen LogP contribution < -0.4 is 0 Å². The zero-order valence-electron chi connectivity index (χ0n) is 9.36. The summed E-state index contributed by atoms with van der Waals surface area (Å²) in [5.41, 5.74) is 0.